The molecule has 0 bridgehead atoms. The van der Waals surface area contributed by atoms with Gasteiger partial charge in [-0.05, 0) is 13.1 Å². The van der Waals surface area contributed by atoms with Crippen molar-refractivity contribution in [3.05, 3.63) is 71.3 Å². The molecule has 108 valence electrons. The summed E-state index contributed by atoms with van der Waals surface area (Å²) >= 11 is 0. The number of rotatable bonds is 4. The smallest absolute Gasteiger partial charge is 0.257 e. The lowest BCUT2D eigenvalue weighted by atomic mass is 9.94. The maximum absolute atomic E-state index is 12.6. The van der Waals surface area contributed by atoms with Crippen molar-refractivity contribution in [2.24, 2.45) is 0 Å². The van der Waals surface area contributed by atoms with Crippen LogP contribution in [-0.2, 0) is 5.72 Å². The number of hydrogen-bond donors (Lipinski definition) is 2. The maximum atomic E-state index is 12.6. The summed E-state index contributed by atoms with van der Waals surface area (Å²) in [4.78, 5) is 14.2. The maximum Gasteiger partial charge on any atom is 0.257 e. The van der Waals surface area contributed by atoms with Gasteiger partial charge >= 0.3 is 0 Å². The Bertz CT molecular complexity index is 657. The van der Waals surface area contributed by atoms with Crippen LogP contribution < -0.4 is 5.32 Å². The highest BCUT2D eigenvalue weighted by atomic mass is 16.3. The van der Waals surface area contributed by atoms with Crippen molar-refractivity contribution in [3.63, 3.8) is 0 Å². The van der Waals surface area contributed by atoms with Crippen molar-refractivity contribution >= 4 is 5.91 Å². The molecule has 1 heterocycles. The number of carbonyl (C=O) groups is 1. The van der Waals surface area contributed by atoms with Gasteiger partial charge in [0.05, 0.1) is 0 Å². The Labute approximate surface area is 124 Å². The minimum atomic E-state index is -1.40. The van der Waals surface area contributed by atoms with Crippen molar-refractivity contribution < 1.29 is 9.90 Å². The minimum absolute atomic E-state index is 0.132. The van der Waals surface area contributed by atoms with Crippen molar-refractivity contribution in [2.75, 3.05) is 20.1 Å². The molecule has 2 aromatic carbocycles. The standard InChI is InChI=1S/C17H18N2O2/c1-18-11-12-19-16(20)14-9-5-6-10-15(14)17(19,21)13-7-3-2-4-8-13/h2-10,18,21H,11-12H2,1H3. The van der Waals surface area contributed by atoms with Gasteiger partial charge in [-0.1, -0.05) is 48.5 Å². The van der Waals surface area contributed by atoms with Gasteiger partial charge in [0.15, 0.2) is 5.72 Å². The number of likely N-dealkylation sites (N-methyl/N-ethyl adjacent to an activating group) is 1. The second-order valence-electron chi connectivity index (χ2n) is 5.14. The quantitative estimate of drug-likeness (QED) is 0.894. The molecule has 0 aromatic heterocycles. The number of benzene rings is 2. The predicted octanol–water partition coefficient (Wildman–Crippen LogP) is 1.56. The Morgan fingerprint density at radius 3 is 2.48 bits per heavy atom. The molecule has 1 atom stereocenters. The highest BCUT2D eigenvalue weighted by molar-refractivity contribution is 6.00. The van der Waals surface area contributed by atoms with E-state index in [4.69, 9.17) is 0 Å². The molecular weight excluding hydrogens is 264 g/mol. The second kappa shape index (κ2) is 5.31. The van der Waals surface area contributed by atoms with Gasteiger partial charge in [-0.3, -0.25) is 4.79 Å². The van der Waals surface area contributed by atoms with E-state index in [-0.39, 0.29) is 5.91 Å². The zero-order valence-corrected chi connectivity index (χ0v) is 11.9. The molecule has 0 saturated heterocycles. The number of nitrogens with zero attached hydrogens (tertiary/aromatic N) is 1. The summed E-state index contributed by atoms with van der Waals surface area (Å²) in [5.41, 5.74) is 0.530. The second-order valence-corrected chi connectivity index (χ2v) is 5.14. The third-order valence-corrected chi connectivity index (χ3v) is 3.93. The molecule has 0 radical (unpaired) electrons. The number of hydrogen-bond acceptors (Lipinski definition) is 3. The van der Waals surface area contributed by atoms with Gasteiger partial charge in [-0.25, -0.2) is 0 Å². The first-order valence-corrected chi connectivity index (χ1v) is 7.03. The average molecular weight is 282 g/mol. The van der Waals surface area contributed by atoms with Crippen LogP contribution >= 0.6 is 0 Å². The zero-order chi connectivity index (χ0) is 14.9. The monoisotopic (exact) mass is 282 g/mol. The molecule has 3 rings (SSSR count). The Morgan fingerprint density at radius 1 is 1.10 bits per heavy atom. The van der Waals surface area contributed by atoms with E-state index in [2.05, 4.69) is 5.32 Å². The third-order valence-electron chi connectivity index (χ3n) is 3.93. The fourth-order valence-electron chi connectivity index (χ4n) is 2.88. The largest absolute Gasteiger partial charge is 0.363 e. The molecule has 0 fully saturated rings. The first-order chi connectivity index (χ1) is 10.2. The predicted molar refractivity (Wildman–Crippen MR) is 80.8 cm³/mol. The third kappa shape index (κ3) is 2.04. The van der Waals surface area contributed by atoms with Crippen molar-refractivity contribution in [3.8, 4) is 0 Å². The molecule has 2 aromatic rings. The summed E-state index contributed by atoms with van der Waals surface area (Å²) in [6.45, 7) is 1.06. The van der Waals surface area contributed by atoms with Crippen LogP contribution in [0.25, 0.3) is 0 Å². The van der Waals surface area contributed by atoms with Crippen LogP contribution in [0.4, 0.5) is 0 Å². The lowest BCUT2D eigenvalue weighted by Crippen LogP contribution is -2.47. The van der Waals surface area contributed by atoms with Crippen LogP contribution in [0.1, 0.15) is 21.5 Å². The summed E-state index contributed by atoms with van der Waals surface area (Å²) in [6.07, 6.45) is 0. The lowest BCUT2D eigenvalue weighted by Gasteiger charge is -2.34. The number of amides is 1. The highest BCUT2D eigenvalue weighted by Crippen LogP contribution is 2.41. The number of fused-ring (bicyclic) bond motifs is 1. The molecule has 4 heteroatoms. The molecule has 1 aliphatic heterocycles. The highest BCUT2D eigenvalue weighted by Gasteiger charge is 2.49. The molecule has 0 saturated carbocycles. The fourth-order valence-corrected chi connectivity index (χ4v) is 2.88. The van der Waals surface area contributed by atoms with E-state index < -0.39 is 5.72 Å². The van der Waals surface area contributed by atoms with Gasteiger partial charge < -0.3 is 15.3 Å². The normalized spacial score (nSPS) is 20.7. The first-order valence-electron chi connectivity index (χ1n) is 7.03. The number of carbonyl (C=O) groups excluding carboxylic acids is 1. The van der Waals surface area contributed by atoms with Crippen LogP contribution in [0.15, 0.2) is 54.6 Å². The van der Waals surface area contributed by atoms with Crippen molar-refractivity contribution in [1.29, 1.82) is 0 Å². The van der Waals surface area contributed by atoms with E-state index in [1.54, 1.807) is 6.07 Å². The van der Waals surface area contributed by atoms with Crippen molar-refractivity contribution in [1.82, 2.24) is 10.2 Å². The Morgan fingerprint density at radius 2 is 1.76 bits per heavy atom. The summed E-state index contributed by atoms with van der Waals surface area (Å²) in [6, 6.07) is 16.6. The minimum Gasteiger partial charge on any atom is -0.363 e. The van der Waals surface area contributed by atoms with Crippen LogP contribution in [-0.4, -0.2) is 36.1 Å². The Balaban J connectivity index is 2.15. The van der Waals surface area contributed by atoms with Crippen molar-refractivity contribution in [2.45, 2.75) is 5.72 Å². The van der Waals surface area contributed by atoms with Crippen LogP contribution in [0.5, 0.6) is 0 Å². The molecule has 1 aliphatic rings. The molecule has 1 amide bonds. The topological polar surface area (TPSA) is 52.6 Å². The van der Waals surface area contributed by atoms with Crippen LogP contribution in [0.3, 0.4) is 0 Å². The van der Waals surface area contributed by atoms with E-state index >= 15 is 0 Å². The molecule has 1 unspecified atom stereocenters. The van der Waals surface area contributed by atoms with E-state index in [0.717, 1.165) is 0 Å². The zero-order valence-electron chi connectivity index (χ0n) is 11.9. The lowest BCUT2D eigenvalue weighted by molar-refractivity contribution is -0.0490. The fraction of sp³-hybridized carbons (Fsp3) is 0.235. The SMILES string of the molecule is CNCCN1C(=O)c2ccccc2C1(O)c1ccccc1. The first kappa shape index (κ1) is 13.8. The van der Waals surface area contributed by atoms with Crippen LogP contribution in [0, 0.1) is 0 Å². The Kier molecular flexibility index (Phi) is 3.49. The summed E-state index contributed by atoms with van der Waals surface area (Å²) in [5.74, 6) is -0.132. The van der Waals surface area contributed by atoms with E-state index in [1.165, 1.54) is 4.90 Å². The Hall–Kier alpha value is -2.17. The van der Waals surface area contributed by atoms with Gasteiger partial charge in [0.1, 0.15) is 0 Å². The van der Waals surface area contributed by atoms with Gasteiger partial charge in [0.25, 0.3) is 5.91 Å². The molecule has 0 aliphatic carbocycles. The van der Waals surface area contributed by atoms with Gasteiger partial charge in [0.2, 0.25) is 0 Å². The van der Waals surface area contributed by atoms with E-state index in [0.29, 0.717) is 29.8 Å². The molecular formula is C17H18N2O2. The summed E-state index contributed by atoms with van der Waals surface area (Å²) < 4.78 is 0. The van der Waals surface area contributed by atoms with Gasteiger partial charge in [-0.2, -0.15) is 0 Å². The van der Waals surface area contributed by atoms with E-state index in [9.17, 15) is 9.90 Å². The molecule has 4 nitrogen and oxygen atoms in total. The van der Waals surface area contributed by atoms with Crippen LogP contribution in [0.2, 0.25) is 0 Å². The van der Waals surface area contributed by atoms with E-state index in [1.807, 2.05) is 55.6 Å². The van der Waals surface area contributed by atoms with Gasteiger partial charge in [-0.15, -0.1) is 0 Å². The average Bonchev–Trinajstić information content (AvgIpc) is 2.76. The summed E-state index contributed by atoms with van der Waals surface area (Å²) in [7, 11) is 1.83. The van der Waals surface area contributed by atoms with Gasteiger partial charge in [0, 0.05) is 29.8 Å². The molecule has 21 heavy (non-hydrogen) atoms. The summed E-state index contributed by atoms with van der Waals surface area (Å²) in [5, 5.41) is 14.4. The number of nitrogens with one attached hydrogen (secondary N) is 1. The molecule has 0 spiro atoms. The number of aliphatic hydroxyl groups is 1. The molecule has 2 N–H and O–H groups in total.